The number of benzene rings is 1. The zero-order valence-corrected chi connectivity index (χ0v) is 11.9. The highest BCUT2D eigenvalue weighted by Crippen LogP contribution is 2.42. The molecule has 4 nitrogen and oxygen atoms in total. The first-order chi connectivity index (χ1) is 9.47. The molecule has 0 aliphatic carbocycles. The number of carboxylic acid groups (broad SMARTS) is 1. The Morgan fingerprint density at radius 3 is 2.80 bits per heavy atom. The highest BCUT2D eigenvalue weighted by atomic mass is 32.1. The van der Waals surface area contributed by atoms with E-state index in [1.807, 2.05) is 0 Å². The van der Waals surface area contributed by atoms with E-state index in [4.69, 9.17) is 10.5 Å². The van der Waals surface area contributed by atoms with E-state index in [1.54, 1.807) is 26.0 Å². The third-order valence-corrected chi connectivity index (χ3v) is 4.14. The van der Waals surface area contributed by atoms with Gasteiger partial charge in [-0.1, -0.05) is 12.1 Å². The molecule has 106 valence electrons. The van der Waals surface area contributed by atoms with Gasteiger partial charge in [0.2, 0.25) is 0 Å². The number of anilines is 1. The maximum atomic E-state index is 14.1. The molecule has 0 amide bonds. The number of carboxylic acids is 1. The molecule has 1 aromatic heterocycles. The Morgan fingerprint density at radius 1 is 1.50 bits per heavy atom. The summed E-state index contributed by atoms with van der Waals surface area (Å²) in [5, 5.41) is 9.21. The molecule has 2 rings (SSSR count). The molecule has 0 unspecified atom stereocenters. The molecule has 0 atom stereocenters. The standard InChI is InChI=1S/C14H14FNO3S/c1-3-19-11-7(2)12(20-13(11)14(17)18)8-5-4-6-9(16)10(8)15/h4-6H,3,16H2,1-2H3,(H,17,18). The third kappa shape index (κ3) is 2.34. The second kappa shape index (κ2) is 5.50. The number of aromatic carboxylic acids is 1. The van der Waals surface area contributed by atoms with Gasteiger partial charge in [-0.3, -0.25) is 0 Å². The zero-order chi connectivity index (χ0) is 14.9. The van der Waals surface area contributed by atoms with Crippen LogP contribution in [0.4, 0.5) is 10.1 Å². The molecular weight excluding hydrogens is 281 g/mol. The molecule has 1 heterocycles. The highest BCUT2D eigenvalue weighted by molar-refractivity contribution is 7.18. The van der Waals surface area contributed by atoms with Crippen molar-refractivity contribution in [1.29, 1.82) is 0 Å². The van der Waals surface area contributed by atoms with E-state index in [1.165, 1.54) is 6.07 Å². The number of thiophene rings is 1. The van der Waals surface area contributed by atoms with Gasteiger partial charge in [0.25, 0.3) is 0 Å². The fourth-order valence-electron chi connectivity index (χ4n) is 1.94. The van der Waals surface area contributed by atoms with Crippen LogP contribution in [0.3, 0.4) is 0 Å². The molecule has 0 aliphatic rings. The Labute approximate surface area is 119 Å². The summed E-state index contributed by atoms with van der Waals surface area (Å²) in [5.41, 5.74) is 6.49. The van der Waals surface area contributed by atoms with Crippen LogP contribution in [0.2, 0.25) is 0 Å². The van der Waals surface area contributed by atoms with Gasteiger partial charge in [0.15, 0.2) is 10.7 Å². The summed E-state index contributed by atoms with van der Waals surface area (Å²) in [5.74, 6) is -1.34. The van der Waals surface area contributed by atoms with Gasteiger partial charge in [-0.15, -0.1) is 11.3 Å². The van der Waals surface area contributed by atoms with E-state index in [2.05, 4.69) is 0 Å². The van der Waals surface area contributed by atoms with Crippen LogP contribution in [0.15, 0.2) is 18.2 Å². The molecule has 0 bridgehead atoms. The van der Waals surface area contributed by atoms with Gasteiger partial charge >= 0.3 is 5.97 Å². The number of rotatable bonds is 4. The van der Waals surface area contributed by atoms with Crippen LogP contribution in [0.1, 0.15) is 22.2 Å². The molecule has 0 aliphatic heterocycles. The van der Waals surface area contributed by atoms with Gasteiger partial charge in [0.1, 0.15) is 5.75 Å². The summed E-state index contributed by atoms with van der Waals surface area (Å²) in [6.45, 7) is 3.83. The lowest BCUT2D eigenvalue weighted by Gasteiger charge is -2.06. The summed E-state index contributed by atoms with van der Waals surface area (Å²) in [4.78, 5) is 11.9. The van der Waals surface area contributed by atoms with Crippen LogP contribution in [0.5, 0.6) is 5.75 Å². The van der Waals surface area contributed by atoms with Crippen LogP contribution in [-0.2, 0) is 0 Å². The smallest absolute Gasteiger partial charge is 0.349 e. The molecule has 0 saturated carbocycles. The van der Waals surface area contributed by atoms with Crippen molar-refractivity contribution in [1.82, 2.24) is 0 Å². The van der Waals surface area contributed by atoms with Gasteiger partial charge in [0.05, 0.1) is 12.3 Å². The lowest BCUT2D eigenvalue weighted by molar-refractivity contribution is 0.0698. The van der Waals surface area contributed by atoms with Crippen LogP contribution < -0.4 is 10.5 Å². The second-order valence-electron chi connectivity index (χ2n) is 4.16. The van der Waals surface area contributed by atoms with Crippen molar-refractivity contribution in [3.05, 3.63) is 34.5 Å². The van der Waals surface area contributed by atoms with E-state index >= 15 is 0 Å². The lowest BCUT2D eigenvalue weighted by atomic mass is 10.1. The predicted molar refractivity (Wildman–Crippen MR) is 77.0 cm³/mol. The number of hydrogen-bond acceptors (Lipinski definition) is 4. The van der Waals surface area contributed by atoms with Crippen LogP contribution >= 0.6 is 11.3 Å². The van der Waals surface area contributed by atoms with E-state index in [-0.39, 0.29) is 10.6 Å². The van der Waals surface area contributed by atoms with Gasteiger partial charge in [-0.05, 0) is 19.9 Å². The fourth-order valence-corrected chi connectivity index (χ4v) is 3.05. The van der Waals surface area contributed by atoms with Crippen molar-refractivity contribution >= 4 is 23.0 Å². The first-order valence-electron chi connectivity index (χ1n) is 6.01. The molecule has 0 fully saturated rings. The van der Waals surface area contributed by atoms with Gasteiger partial charge in [-0.2, -0.15) is 0 Å². The minimum absolute atomic E-state index is 0.0325. The fraction of sp³-hybridized carbons (Fsp3) is 0.214. The van der Waals surface area contributed by atoms with Crippen LogP contribution in [0.25, 0.3) is 10.4 Å². The van der Waals surface area contributed by atoms with Crippen molar-refractivity contribution in [3.8, 4) is 16.2 Å². The quantitative estimate of drug-likeness (QED) is 0.846. The first kappa shape index (κ1) is 14.3. The van der Waals surface area contributed by atoms with Gasteiger partial charge < -0.3 is 15.6 Å². The van der Waals surface area contributed by atoms with E-state index in [0.29, 0.717) is 28.4 Å². The number of hydrogen-bond donors (Lipinski definition) is 2. The Bertz CT molecular complexity index is 667. The summed E-state index contributed by atoms with van der Waals surface area (Å²) in [6.07, 6.45) is 0. The van der Waals surface area contributed by atoms with Crippen molar-refractivity contribution < 1.29 is 19.0 Å². The Hall–Kier alpha value is -2.08. The van der Waals surface area contributed by atoms with Gasteiger partial charge in [0, 0.05) is 16.0 Å². The summed E-state index contributed by atoms with van der Waals surface area (Å²) < 4.78 is 19.5. The Kier molecular flexibility index (Phi) is 3.94. The van der Waals surface area contributed by atoms with Crippen molar-refractivity contribution in [3.63, 3.8) is 0 Å². The van der Waals surface area contributed by atoms with Crippen molar-refractivity contribution in [2.45, 2.75) is 13.8 Å². The average Bonchev–Trinajstić information content (AvgIpc) is 2.72. The maximum Gasteiger partial charge on any atom is 0.349 e. The topological polar surface area (TPSA) is 72.5 Å². The molecule has 1 aromatic carbocycles. The molecule has 2 aromatic rings. The number of halogens is 1. The normalized spacial score (nSPS) is 10.6. The van der Waals surface area contributed by atoms with Gasteiger partial charge in [-0.25, -0.2) is 9.18 Å². The SMILES string of the molecule is CCOc1c(C(=O)O)sc(-c2cccc(N)c2F)c1C. The summed E-state index contributed by atoms with van der Waals surface area (Å²) >= 11 is 0.990. The zero-order valence-electron chi connectivity index (χ0n) is 11.1. The molecule has 0 radical (unpaired) electrons. The van der Waals surface area contributed by atoms with Crippen LogP contribution in [-0.4, -0.2) is 17.7 Å². The molecule has 0 saturated heterocycles. The summed E-state index contributed by atoms with van der Waals surface area (Å²) in [6, 6.07) is 4.67. The highest BCUT2D eigenvalue weighted by Gasteiger charge is 2.23. The summed E-state index contributed by atoms with van der Waals surface area (Å²) in [7, 11) is 0. The molecular formula is C14H14FNO3S. The number of ether oxygens (including phenoxy) is 1. The molecule has 0 spiro atoms. The van der Waals surface area contributed by atoms with Crippen molar-refractivity contribution in [2.75, 3.05) is 12.3 Å². The first-order valence-corrected chi connectivity index (χ1v) is 6.82. The van der Waals surface area contributed by atoms with E-state index in [0.717, 1.165) is 11.3 Å². The Balaban J connectivity index is 2.66. The molecule has 3 N–H and O–H groups in total. The number of nitrogen functional groups attached to an aromatic ring is 1. The predicted octanol–water partition coefficient (Wildman–Crippen LogP) is 3.54. The van der Waals surface area contributed by atoms with E-state index in [9.17, 15) is 14.3 Å². The molecule has 6 heteroatoms. The van der Waals surface area contributed by atoms with Crippen LogP contribution in [0, 0.1) is 12.7 Å². The lowest BCUT2D eigenvalue weighted by Crippen LogP contribution is -1.99. The largest absolute Gasteiger partial charge is 0.492 e. The number of carbonyl (C=O) groups is 1. The number of nitrogens with two attached hydrogens (primary N) is 1. The Morgan fingerprint density at radius 2 is 2.20 bits per heavy atom. The third-order valence-electron chi connectivity index (χ3n) is 2.85. The molecule has 20 heavy (non-hydrogen) atoms. The van der Waals surface area contributed by atoms with Crippen molar-refractivity contribution in [2.24, 2.45) is 0 Å². The van der Waals surface area contributed by atoms with E-state index < -0.39 is 11.8 Å². The minimum atomic E-state index is -1.09. The maximum absolute atomic E-state index is 14.1. The minimum Gasteiger partial charge on any atom is -0.492 e. The second-order valence-corrected chi connectivity index (χ2v) is 5.18. The monoisotopic (exact) mass is 295 g/mol. The average molecular weight is 295 g/mol.